The van der Waals surface area contributed by atoms with Crippen LogP contribution in [0.2, 0.25) is 0 Å². The molecular weight excluding hydrogens is 280 g/mol. The summed E-state index contributed by atoms with van der Waals surface area (Å²) in [5, 5.41) is 0. The lowest BCUT2D eigenvalue weighted by molar-refractivity contribution is 0.457. The Hall–Kier alpha value is 0.180. The third-order valence-corrected chi connectivity index (χ3v) is 6.47. The van der Waals surface area contributed by atoms with Crippen LogP contribution in [0, 0.1) is 5.92 Å². The van der Waals surface area contributed by atoms with Crippen LogP contribution in [0.25, 0.3) is 0 Å². The number of hydrogen-bond acceptors (Lipinski definition) is 1. The molecule has 16 heavy (non-hydrogen) atoms. The lowest BCUT2D eigenvalue weighted by Gasteiger charge is -2.19. The maximum atomic E-state index is 3.94. The minimum atomic E-state index is 0.607. The molecule has 1 aliphatic carbocycles. The van der Waals surface area contributed by atoms with Crippen LogP contribution in [0.4, 0.5) is 0 Å². The van der Waals surface area contributed by atoms with Crippen molar-refractivity contribution in [2.24, 2.45) is 5.92 Å². The van der Waals surface area contributed by atoms with E-state index in [1.807, 2.05) is 11.3 Å². The fourth-order valence-corrected chi connectivity index (χ4v) is 4.55. The summed E-state index contributed by atoms with van der Waals surface area (Å²) in [7, 11) is 0. The molecule has 1 unspecified atom stereocenters. The zero-order chi connectivity index (χ0) is 11.4. The molecule has 0 spiro atoms. The molecule has 0 N–H and O–H groups in total. The van der Waals surface area contributed by atoms with Gasteiger partial charge in [-0.25, -0.2) is 0 Å². The standard InChI is InChI=1S/C14H21BrS/c1-2-12-9-10-13(16-12)14(15)11-7-5-3-4-6-8-11/h9-11,14H,2-8H2,1H3. The third kappa shape index (κ3) is 3.10. The molecule has 1 saturated carbocycles. The summed E-state index contributed by atoms with van der Waals surface area (Å²) in [5.41, 5.74) is 0. The first-order chi connectivity index (χ1) is 7.81. The van der Waals surface area contributed by atoms with E-state index in [0.717, 1.165) is 5.92 Å². The molecule has 0 aromatic carbocycles. The lowest BCUT2D eigenvalue weighted by Crippen LogP contribution is -2.05. The molecule has 0 nitrogen and oxygen atoms in total. The summed E-state index contributed by atoms with van der Waals surface area (Å²) in [4.78, 5) is 3.67. The maximum absolute atomic E-state index is 3.94. The Balaban J connectivity index is 2.01. The van der Waals surface area contributed by atoms with E-state index < -0.39 is 0 Å². The monoisotopic (exact) mass is 300 g/mol. The molecule has 0 saturated heterocycles. The molecular formula is C14H21BrS. The molecule has 90 valence electrons. The summed E-state index contributed by atoms with van der Waals surface area (Å²) >= 11 is 5.93. The fourth-order valence-electron chi connectivity index (χ4n) is 2.57. The summed E-state index contributed by atoms with van der Waals surface area (Å²) < 4.78 is 0. The maximum Gasteiger partial charge on any atom is 0.0517 e. The minimum Gasteiger partial charge on any atom is -0.144 e. The van der Waals surface area contributed by atoms with Gasteiger partial charge in [-0.15, -0.1) is 11.3 Å². The molecule has 0 bridgehead atoms. The van der Waals surface area contributed by atoms with E-state index in [1.54, 1.807) is 4.88 Å². The zero-order valence-corrected chi connectivity index (χ0v) is 12.4. The quantitative estimate of drug-likeness (QED) is 0.495. The average Bonchev–Trinajstić information content (AvgIpc) is 2.62. The predicted molar refractivity (Wildman–Crippen MR) is 76.6 cm³/mol. The summed E-state index contributed by atoms with van der Waals surface area (Å²) in [5.74, 6) is 0.867. The van der Waals surface area contributed by atoms with Gasteiger partial charge in [0.15, 0.2) is 0 Å². The van der Waals surface area contributed by atoms with E-state index in [4.69, 9.17) is 0 Å². The van der Waals surface area contributed by atoms with Gasteiger partial charge in [-0.2, -0.15) is 0 Å². The molecule has 2 heteroatoms. The fraction of sp³-hybridized carbons (Fsp3) is 0.714. The van der Waals surface area contributed by atoms with Gasteiger partial charge in [-0.1, -0.05) is 48.5 Å². The number of hydrogen-bond donors (Lipinski definition) is 0. The van der Waals surface area contributed by atoms with Gasteiger partial charge in [0, 0.05) is 9.75 Å². The van der Waals surface area contributed by atoms with Crippen molar-refractivity contribution in [2.75, 3.05) is 0 Å². The highest BCUT2D eigenvalue weighted by Gasteiger charge is 2.22. The first kappa shape index (κ1) is 12.6. The highest BCUT2D eigenvalue weighted by molar-refractivity contribution is 9.09. The van der Waals surface area contributed by atoms with Gasteiger partial charge in [0.05, 0.1) is 4.83 Å². The van der Waals surface area contributed by atoms with Crippen molar-refractivity contribution >= 4 is 27.3 Å². The van der Waals surface area contributed by atoms with Crippen LogP contribution in [0.1, 0.15) is 60.0 Å². The van der Waals surface area contributed by atoms with E-state index in [1.165, 1.54) is 49.8 Å². The van der Waals surface area contributed by atoms with Crippen LogP contribution in [0.3, 0.4) is 0 Å². The number of aryl methyl sites for hydroxylation is 1. The van der Waals surface area contributed by atoms with Crippen LogP contribution in [0.15, 0.2) is 12.1 Å². The second-order valence-electron chi connectivity index (χ2n) is 4.81. The molecule has 0 aliphatic heterocycles. The van der Waals surface area contributed by atoms with Gasteiger partial charge in [-0.3, -0.25) is 0 Å². The van der Waals surface area contributed by atoms with Crippen LogP contribution < -0.4 is 0 Å². The first-order valence-electron chi connectivity index (χ1n) is 6.54. The van der Waals surface area contributed by atoms with Gasteiger partial charge in [-0.05, 0) is 37.3 Å². The minimum absolute atomic E-state index is 0.607. The molecule has 1 fully saturated rings. The molecule has 0 radical (unpaired) electrons. The van der Waals surface area contributed by atoms with Crippen molar-refractivity contribution in [3.05, 3.63) is 21.9 Å². The van der Waals surface area contributed by atoms with Crippen LogP contribution in [-0.2, 0) is 6.42 Å². The number of thiophene rings is 1. The molecule has 2 rings (SSSR count). The highest BCUT2D eigenvalue weighted by Crippen LogP contribution is 2.41. The molecule has 1 aliphatic rings. The number of alkyl halides is 1. The Morgan fingerprint density at radius 1 is 1.25 bits per heavy atom. The Morgan fingerprint density at radius 2 is 1.94 bits per heavy atom. The second kappa shape index (κ2) is 6.20. The van der Waals surface area contributed by atoms with Crippen LogP contribution in [-0.4, -0.2) is 0 Å². The molecule has 1 atom stereocenters. The highest BCUT2D eigenvalue weighted by atomic mass is 79.9. The second-order valence-corrected chi connectivity index (χ2v) is 7.00. The van der Waals surface area contributed by atoms with Crippen molar-refractivity contribution in [2.45, 2.75) is 56.7 Å². The Kier molecular flexibility index (Phi) is 4.90. The Labute approximate surface area is 112 Å². The third-order valence-electron chi connectivity index (χ3n) is 3.62. The van der Waals surface area contributed by atoms with Gasteiger partial charge in [0.25, 0.3) is 0 Å². The summed E-state index contributed by atoms with van der Waals surface area (Å²) in [6, 6.07) is 4.62. The van der Waals surface area contributed by atoms with Crippen molar-refractivity contribution in [1.29, 1.82) is 0 Å². The van der Waals surface area contributed by atoms with Gasteiger partial charge in [0.2, 0.25) is 0 Å². The van der Waals surface area contributed by atoms with Gasteiger partial charge < -0.3 is 0 Å². The Morgan fingerprint density at radius 3 is 2.50 bits per heavy atom. The van der Waals surface area contributed by atoms with Gasteiger partial charge >= 0.3 is 0 Å². The van der Waals surface area contributed by atoms with Crippen molar-refractivity contribution in [1.82, 2.24) is 0 Å². The largest absolute Gasteiger partial charge is 0.144 e. The average molecular weight is 301 g/mol. The van der Waals surface area contributed by atoms with Crippen molar-refractivity contribution in [3.8, 4) is 0 Å². The molecule has 1 heterocycles. The SMILES string of the molecule is CCc1ccc(C(Br)C2CCCCCC2)s1. The first-order valence-corrected chi connectivity index (χ1v) is 8.27. The van der Waals surface area contributed by atoms with E-state index in [2.05, 4.69) is 35.0 Å². The molecule has 1 aromatic rings. The van der Waals surface area contributed by atoms with E-state index in [0.29, 0.717) is 4.83 Å². The smallest absolute Gasteiger partial charge is 0.0517 e. The topological polar surface area (TPSA) is 0 Å². The molecule has 1 aromatic heterocycles. The summed E-state index contributed by atoms with van der Waals surface area (Å²) in [6.07, 6.45) is 9.75. The lowest BCUT2D eigenvalue weighted by atomic mass is 9.96. The molecule has 0 amide bonds. The summed E-state index contributed by atoms with van der Waals surface area (Å²) in [6.45, 7) is 2.24. The number of halogens is 1. The Bertz CT molecular complexity index is 310. The van der Waals surface area contributed by atoms with E-state index >= 15 is 0 Å². The van der Waals surface area contributed by atoms with Crippen molar-refractivity contribution < 1.29 is 0 Å². The van der Waals surface area contributed by atoms with Crippen LogP contribution >= 0.6 is 27.3 Å². The van der Waals surface area contributed by atoms with E-state index in [9.17, 15) is 0 Å². The zero-order valence-electron chi connectivity index (χ0n) is 10.0. The van der Waals surface area contributed by atoms with Crippen LogP contribution in [0.5, 0.6) is 0 Å². The van der Waals surface area contributed by atoms with E-state index in [-0.39, 0.29) is 0 Å². The predicted octanol–water partition coefficient (Wildman–Crippen LogP) is 5.72. The number of rotatable bonds is 3. The normalized spacial score (nSPS) is 20.6. The van der Waals surface area contributed by atoms with Crippen molar-refractivity contribution in [3.63, 3.8) is 0 Å². The van der Waals surface area contributed by atoms with Gasteiger partial charge in [0.1, 0.15) is 0 Å².